The number of aromatic amines is 1. The monoisotopic (exact) mass is 471 g/mol. The van der Waals surface area contributed by atoms with Crippen molar-refractivity contribution in [2.75, 3.05) is 26.2 Å². The topological polar surface area (TPSA) is 103 Å². The number of rotatable bonds is 6. The molecule has 1 aliphatic carbocycles. The maximum Gasteiger partial charge on any atom is 0.141 e. The smallest absolute Gasteiger partial charge is 0.141 e. The minimum Gasteiger partial charge on any atom is -0.346 e. The lowest BCUT2D eigenvalue weighted by Gasteiger charge is -2.52. The van der Waals surface area contributed by atoms with Crippen LogP contribution in [0.3, 0.4) is 0 Å². The van der Waals surface area contributed by atoms with Gasteiger partial charge < -0.3 is 4.98 Å². The Kier molecular flexibility index (Phi) is 5.51. The van der Waals surface area contributed by atoms with Crippen molar-refractivity contribution in [1.29, 1.82) is 5.26 Å². The van der Waals surface area contributed by atoms with Crippen molar-refractivity contribution in [3.63, 3.8) is 0 Å². The first-order valence-corrected chi connectivity index (χ1v) is 11.9. The van der Waals surface area contributed by atoms with Crippen molar-refractivity contribution in [3.05, 3.63) is 60.8 Å². The molecule has 0 radical (unpaired) electrons. The molecule has 0 atom stereocenters. The lowest BCUT2D eigenvalue weighted by Crippen LogP contribution is -2.60. The van der Waals surface area contributed by atoms with E-state index in [1.807, 2.05) is 29.3 Å². The summed E-state index contributed by atoms with van der Waals surface area (Å²) < 4.78 is 15.4. The third kappa shape index (κ3) is 4.07. The predicted octanol–water partition coefficient (Wildman–Crippen LogP) is 2.94. The van der Waals surface area contributed by atoms with Gasteiger partial charge in [0.25, 0.3) is 0 Å². The molecule has 4 aromatic rings. The van der Waals surface area contributed by atoms with Crippen LogP contribution < -0.4 is 0 Å². The number of piperazine rings is 1. The summed E-state index contributed by atoms with van der Waals surface area (Å²) in [6.07, 6.45) is 12.5. The molecule has 10 heteroatoms. The van der Waals surface area contributed by atoms with E-state index in [9.17, 15) is 9.65 Å². The number of aromatic nitrogens is 6. The number of nitriles is 1. The zero-order valence-electron chi connectivity index (χ0n) is 19.3. The Hall–Kier alpha value is -3.68. The van der Waals surface area contributed by atoms with Gasteiger partial charge in [-0.2, -0.15) is 10.4 Å². The van der Waals surface area contributed by atoms with E-state index >= 15 is 0 Å². The van der Waals surface area contributed by atoms with Crippen LogP contribution in [0.5, 0.6) is 0 Å². The Balaban J connectivity index is 1.11. The molecule has 5 heterocycles. The Morgan fingerprint density at radius 2 is 2.00 bits per heavy atom. The van der Waals surface area contributed by atoms with E-state index in [-0.39, 0.29) is 11.4 Å². The fourth-order valence-corrected chi connectivity index (χ4v) is 5.53. The van der Waals surface area contributed by atoms with Gasteiger partial charge in [-0.1, -0.05) is 0 Å². The number of pyridine rings is 1. The third-order valence-electron chi connectivity index (χ3n) is 7.43. The van der Waals surface area contributed by atoms with Crippen LogP contribution in [0.25, 0.3) is 22.3 Å². The SMILES string of the molecule is N#CC[C@]1(n2cc(-c3ncnc4[nH]ccc34)cn2)C[C@H](N2CCN(Cc3cncc(F)c3)CC2)C1. The minimum atomic E-state index is -0.288. The highest BCUT2D eigenvalue weighted by atomic mass is 19.1. The molecular formula is C25H26FN9. The summed E-state index contributed by atoms with van der Waals surface area (Å²) in [6.45, 7) is 4.52. The van der Waals surface area contributed by atoms with Crippen molar-refractivity contribution in [2.45, 2.75) is 37.4 Å². The van der Waals surface area contributed by atoms with E-state index in [1.54, 1.807) is 18.6 Å². The van der Waals surface area contributed by atoms with E-state index in [0.717, 1.165) is 73.4 Å². The van der Waals surface area contributed by atoms with Crippen LogP contribution in [0.15, 0.2) is 49.4 Å². The molecule has 4 aromatic heterocycles. The normalized spacial score (nSPS) is 23.3. The summed E-state index contributed by atoms with van der Waals surface area (Å²) >= 11 is 0. The first-order valence-electron chi connectivity index (χ1n) is 11.9. The molecule has 2 fully saturated rings. The van der Waals surface area contributed by atoms with Gasteiger partial charge in [-0.3, -0.25) is 19.5 Å². The van der Waals surface area contributed by atoms with Gasteiger partial charge in [-0.15, -0.1) is 0 Å². The molecular weight excluding hydrogens is 445 g/mol. The maximum atomic E-state index is 13.4. The van der Waals surface area contributed by atoms with Gasteiger partial charge in [-0.05, 0) is 30.5 Å². The average Bonchev–Trinajstić information content (AvgIpc) is 3.52. The first kappa shape index (κ1) is 21.8. The molecule has 6 rings (SSSR count). The molecule has 9 nitrogen and oxygen atoms in total. The van der Waals surface area contributed by atoms with Crippen LogP contribution in [0.2, 0.25) is 0 Å². The fourth-order valence-electron chi connectivity index (χ4n) is 5.53. The Bertz CT molecular complexity index is 1370. The van der Waals surface area contributed by atoms with Gasteiger partial charge in [0.2, 0.25) is 0 Å². The predicted molar refractivity (Wildman–Crippen MR) is 127 cm³/mol. The van der Waals surface area contributed by atoms with Crippen LogP contribution in [0.4, 0.5) is 4.39 Å². The summed E-state index contributed by atoms with van der Waals surface area (Å²) in [5.41, 5.74) is 3.19. The highest BCUT2D eigenvalue weighted by molar-refractivity contribution is 5.89. The first-order chi connectivity index (χ1) is 17.1. The Morgan fingerprint density at radius 3 is 2.80 bits per heavy atom. The third-order valence-corrected chi connectivity index (χ3v) is 7.43. The summed E-state index contributed by atoms with van der Waals surface area (Å²) in [4.78, 5) is 20.7. The van der Waals surface area contributed by atoms with Crippen LogP contribution in [0, 0.1) is 17.1 Å². The summed E-state index contributed by atoms with van der Waals surface area (Å²) in [5.74, 6) is -0.288. The molecule has 0 aromatic carbocycles. The van der Waals surface area contributed by atoms with Gasteiger partial charge >= 0.3 is 0 Å². The number of fused-ring (bicyclic) bond motifs is 1. The van der Waals surface area contributed by atoms with Crippen molar-refractivity contribution < 1.29 is 4.39 Å². The Morgan fingerprint density at radius 1 is 1.14 bits per heavy atom. The van der Waals surface area contributed by atoms with E-state index in [2.05, 4.69) is 40.9 Å². The van der Waals surface area contributed by atoms with Crippen LogP contribution in [-0.2, 0) is 12.1 Å². The number of halogens is 1. The average molecular weight is 472 g/mol. The van der Waals surface area contributed by atoms with Gasteiger partial charge in [0.1, 0.15) is 17.8 Å². The molecule has 0 bridgehead atoms. The van der Waals surface area contributed by atoms with Crippen LogP contribution >= 0.6 is 0 Å². The fraction of sp³-hybridized carbons (Fsp3) is 0.400. The molecule has 1 saturated carbocycles. The van der Waals surface area contributed by atoms with Crippen LogP contribution in [0.1, 0.15) is 24.8 Å². The second-order valence-electron chi connectivity index (χ2n) is 9.58. The number of H-pyrrole nitrogens is 1. The van der Waals surface area contributed by atoms with Gasteiger partial charge in [0, 0.05) is 68.3 Å². The second-order valence-corrected chi connectivity index (χ2v) is 9.58. The molecule has 35 heavy (non-hydrogen) atoms. The molecule has 1 N–H and O–H groups in total. The largest absolute Gasteiger partial charge is 0.346 e. The zero-order valence-corrected chi connectivity index (χ0v) is 19.3. The van der Waals surface area contributed by atoms with E-state index in [4.69, 9.17) is 0 Å². The lowest BCUT2D eigenvalue weighted by molar-refractivity contribution is -0.0191. The molecule has 0 amide bonds. The molecule has 0 spiro atoms. The zero-order chi connectivity index (χ0) is 23.8. The van der Waals surface area contributed by atoms with E-state index in [1.165, 1.54) is 6.20 Å². The molecule has 2 aliphatic rings. The van der Waals surface area contributed by atoms with Gasteiger partial charge in [0.05, 0.1) is 36.1 Å². The standard InChI is InChI=1S/C25H26FN9/c26-20-9-18(12-28-14-20)15-33-5-7-34(8-6-33)21-10-25(11-21,2-3-27)35-16-19(13-32-35)23-22-1-4-29-24(22)31-17-30-23/h1,4,9,12-14,16-17,21H,2,5-8,10-11,15H2,(H,29,30,31)/t21-,25-. The lowest BCUT2D eigenvalue weighted by atomic mass is 9.70. The van der Waals surface area contributed by atoms with E-state index in [0.29, 0.717) is 12.5 Å². The molecule has 1 aliphatic heterocycles. The summed E-state index contributed by atoms with van der Waals surface area (Å²) in [6, 6.07) is 6.35. The number of nitrogens with one attached hydrogen (secondary N) is 1. The van der Waals surface area contributed by atoms with Gasteiger partial charge in [0.15, 0.2) is 0 Å². The summed E-state index contributed by atoms with van der Waals surface area (Å²) in [7, 11) is 0. The highest BCUT2D eigenvalue weighted by Gasteiger charge is 2.49. The number of hydrogen-bond acceptors (Lipinski definition) is 7. The minimum absolute atomic E-state index is 0.285. The maximum absolute atomic E-state index is 13.4. The number of hydrogen-bond donors (Lipinski definition) is 1. The molecule has 178 valence electrons. The molecule has 0 unspecified atom stereocenters. The van der Waals surface area contributed by atoms with Crippen LogP contribution in [-0.4, -0.2) is 71.7 Å². The quantitative estimate of drug-likeness (QED) is 0.461. The molecule has 1 saturated heterocycles. The van der Waals surface area contributed by atoms with E-state index < -0.39 is 0 Å². The second kappa shape index (κ2) is 8.83. The van der Waals surface area contributed by atoms with Crippen molar-refractivity contribution in [2.24, 2.45) is 0 Å². The Labute approximate surface area is 202 Å². The van der Waals surface area contributed by atoms with Gasteiger partial charge in [-0.25, -0.2) is 14.4 Å². The van der Waals surface area contributed by atoms with Crippen molar-refractivity contribution in [3.8, 4) is 17.3 Å². The summed E-state index contributed by atoms with van der Waals surface area (Å²) in [5, 5.41) is 15.2. The number of nitrogens with zero attached hydrogens (tertiary/aromatic N) is 8. The highest BCUT2D eigenvalue weighted by Crippen LogP contribution is 2.45. The van der Waals surface area contributed by atoms with Crippen molar-refractivity contribution in [1.82, 2.24) is 39.5 Å². The van der Waals surface area contributed by atoms with Crippen molar-refractivity contribution >= 4 is 11.0 Å².